The van der Waals surface area contributed by atoms with Crippen molar-refractivity contribution in [3.63, 3.8) is 0 Å². The number of non-ortho nitro benzene ring substituents is 1. The highest BCUT2D eigenvalue weighted by Gasteiger charge is 2.33. The number of thiophene rings is 1. The van der Waals surface area contributed by atoms with Gasteiger partial charge in [0.1, 0.15) is 0 Å². The van der Waals surface area contributed by atoms with Crippen LogP contribution >= 0.6 is 11.3 Å². The van der Waals surface area contributed by atoms with Crippen molar-refractivity contribution in [3.8, 4) is 0 Å². The number of nitrogens with zero attached hydrogens (tertiary/aromatic N) is 2. The van der Waals surface area contributed by atoms with Crippen LogP contribution in [0.15, 0.2) is 41.1 Å². The summed E-state index contributed by atoms with van der Waals surface area (Å²) in [5.41, 5.74) is 1.68. The fraction of sp³-hybridized carbons (Fsp3) is 0.353. The number of hydrogen-bond acceptors (Lipinski definition) is 5. The van der Waals surface area contributed by atoms with E-state index in [4.69, 9.17) is 0 Å². The first-order chi connectivity index (χ1) is 11.6. The second kappa shape index (κ2) is 7.11. The van der Waals surface area contributed by atoms with E-state index < -0.39 is 4.92 Å². The third kappa shape index (κ3) is 3.47. The number of anilines is 1. The summed E-state index contributed by atoms with van der Waals surface area (Å²) in [6.45, 7) is 2.77. The van der Waals surface area contributed by atoms with Gasteiger partial charge in [-0.2, -0.15) is 11.3 Å². The molecule has 0 radical (unpaired) electrons. The van der Waals surface area contributed by atoms with Crippen molar-refractivity contribution in [2.24, 2.45) is 0 Å². The quantitative estimate of drug-likeness (QED) is 0.660. The summed E-state index contributed by atoms with van der Waals surface area (Å²) in [6, 6.07) is 8.11. The second-order valence-electron chi connectivity index (χ2n) is 5.93. The Morgan fingerprint density at radius 3 is 3.00 bits per heavy atom. The van der Waals surface area contributed by atoms with Crippen LogP contribution in [0.5, 0.6) is 0 Å². The van der Waals surface area contributed by atoms with Crippen LogP contribution in [0.3, 0.4) is 0 Å². The summed E-state index contributed by atoms with van der Waals surface area (Å²) < 4.78 is 0. The predicted molar refractivity (Wildman–Crippen MR) is 94.2 cm³/mol. The molecule has 1 aliphatic rings. The van der Waals surface area contributed by atoms with Gasteiger partial charge in [0, 0.05) is 23.9 Å². The Bertz CT molecular complexity index is 732. The van der Waals surface area contributed by atoms with E-state index in [1.54, 1.807) is 23.5 Å². The molecule has 1 amide bonds. The summed E-state index contributed by atoms with van der Waals surface area (Å²) in [4.78, 5) is 25.2. The molecule has 0 spiro atoms. The van der Waals surface area contributed by atoms with Gasteiger partial charge in [-0.3, -0.25) is 19.8 Å². The highest BCUT2D eigenvalue weighted by atomic mass is 32.1. The van der Waals surface area contributed by atoms with Crippen LogP contribution < -0.4 is 5.32 Å². The topological polar surface area (TPSA) is 75.5 Å². The number of rotatable bonds is 5. The van der Waals surface area contributed by atoms with Gasteiger partial charge in [0.2, 0.25) is 5.91 Å². The van der Waals surface area contributed by atoms with E-state index >= 15 is 0 Å². The van der Waals surface area contributed by atoms with Crippen molar-refractivity contribution in [2.45, 2.75) is 31.8 Å². The summed E-state index contributed by atoms with van der Waals surface area (Å²) >= 11 is 1.66. The average Bonchev–Trinajstić information content (AvgIpc) is 3.25. The first-order valence-electron chi connectivity index (χ1n) is 7.89. The molecular formula is C17H19N3O3S. The van der Waals surface area contributed by atoms with E-state index in [1.165, 1.54) is 17.7 Å². The molecule has 0 aliphatic carbocycles. The van der Waals surface area contributed by atoms with Gasteiger partial charge in [0.15, 0.2) is 0 Å². The van der Waals surface area contributed by atoms with Crippen molar-refractivity contribution >= 4 is 28.6 Å². The maximum atomic E-state index is 12.6. The van der Waals surface area contributed by atoms with Crippen molar-refractivity contribution in [1.29, 1.82) is 0 Å². The zero-order valence-electron chi connectivity index (χ0n) is 13.3. The maximum absolute atomic E-state index is 12.6. The largest absolute Gasteiger partial charge is 0.324 e. The van der Waals surface area contributed by atoms with Crippen LogP contribution in [0.2, 0.25) is 0 Å². The summed E-state index contributed by atoms with van der Waals surface area (Å²) in [7, 11) is 0. The van der Waals surface area contributed by atoms with Crippen LogP contribution in [-0.4, -0.2) is 28.3 Å². The molecule has 24 heavy (non-hydrogen) atoms. The van der Waals surface area contributed by atoms with E-state index in [-0.39, 0.29) is 23.7 Å². The molecule has 2 unspecified atom stereocenters. The highest BCUT2D eigenvalue weighted by Crippen LogP contribution is 2.34. The van der Waals surface area contributed by atoms with E-state index in [0.717, 1.165) is 19.4 Å². The summed E-state index contributed by atoms with van der Waals surface area (Å²) in [5, 5.41) is 17.8. The van der Waals surface area contributed by atoms with E-state index in [2.05, 4.69) is 27.0 Å². The van der Waals surface area contributed by atoms with Crippen molar-refractivity contribution in [3.05, 3.63) is 56.8 Å². The molecule has 6 nitrogen and oxygen atoms in total. The van der Waals surface area contributed by atoms with Crippen LogP contribution in [0.1, 0.15) is 31.4 Å². The molecule has 0 bridgehead atoms. The average molecular weight is 345 g/mol. The van der Waals surface area contributed by atoms with Crippen LogP contribution in [0.4, 0.5) is 11.4 Å². The number of likely N-dealkylation sites (tertiary alicyclic amines) is 1. The summed E-state index contributed by atoms with van der Waals surface area (Å²) in [6.07, 6.45) is 2.11. The van der Waals surface area contributed by atoms with Gasteiger partial charge in [0.25, 0.3) is 5.69 Å². The normalized spacial score (nSPS) is 19.1. The molecule has 0 saturated carbocycles. The number of benzene rings is 1. The Labute approximate surface area is 144 Å². The minimum absolute atomic E-state index is 0.0298. The Balaban J connectivity index is 1.70. The molecule has 1 aromatic carbocycles. The van der Waals surface area contributed by atoms with Crippen molar-refractivity contribution in [2.75, 3.05) is 11.9 Å². The minimum atomic E-state index is -0.466. The maximum Gasteiger partial charge on any atom is 0.271 e. The Kier molecular flexibility index (Phi) is 4.92. The minimum Gasteiger partial charge on any atom is -0.324 e. The molecule has 126 valence electrons. The van der Waals surface area contributed by atoms with Gasteiger partial charge >= 0.3 is 0 Å². The summed E-state index contributed by atoms with van der Waals surface area (Å²) in [5.74, 6) is -0.141. The van der Waals surface area contributed by atoms with Gasteiger partial charge in [0.05, 0.1) is 11.0 Å². The molecule has 1 aromatic heterocycles. The number of hydrogen-bond donors (Lipinski definition) is 1. The third-order valence-electron chi connectivity index (χ3n) is 4.42. The van der Waals surface area contributed by atoms with Gasteiger partial charge in [-0.1, -0.05) is 6.07 Å². The van der Waals surface area contributed by atoms with Crippen molar-refractivity contribution in [1.82, 2.24) is 4.90 Å². The highest BCUT2D eigenvalue weighted by molar-refractivity contribution is 7.07. The lowest BCUT2D eigenvalue weighted by atomic mass is 10.1. The number of carbonyl (C=O) groups is 1. The number of nitro groups is 1. The fourth-order valence-electron chi connectivity index (χ4n) is 3.17. The Hall–Kier alpha value is -2.25. The van der Waals surface area contributed by atoms with E-state index in [9.17, 15) is 14.9 Å². The molecular weight excluding hydrogens is 326 g/mol. The SMILES string of the molecule is CC(C(=O)Nc1cccc([N+](=O)[O-])c1)N1CCCC1c1ccsc1. The van der Waals surface area contributed by atoms with Crippen molar-refractivity contribution < 1.29 is 9.72 Å². The molecule has 2 aromatic rings. The first kappa shape index (κ1) is 16.6. The molecule has 3 rings (SSSR count). The number of amides is 1. The molecule has 7 heteroatoms. The van der Waals surface area contributed by atoms with E-state index in [1.807, 2.05) is 6.92 Å². The van der Waals surface area contributed by atoms with Gasteiger partial charge < -0.3 is 5.32 Å². The first-order valence-corrected chi connectivity index (χ1v) is 8.83. The van der Waals surface area contributed by atoms with Crippen LogP contribution in [-0.2, 0) is 4.79 Å². The molecule has 1 saturated heterocycles. The Morgan fingerprint density at radius 1 is 1.46 bits per heavy atom. The number of nitrogens with one attached hydrogen (secondary N) is 1. The zero-order chi connectivity index (χ0) is 17.1. The lowest BCUT2D eigenvalue weighted by molar-refractivity contribution is -0.384. The standard InChI is InChI=1S/C17H19N3O3S/c1-12(19-8-3-6-16(19)13-7-9-24-11-13)17(21)18-14-4-2-5-15(10-14)20(22)23/h2,4-5,7,9-12,16H,3,6,8H2,1H3,(H,18,21). The molecule has 1 N–H and O–H groups in total. The number of carbonyl (C=O) groups excluding carboxylic acids is 1. The van der Waals surface area contributed by atoms with Gasteiger partial charge in [-0.25, -0.2) is 0 Å². The smallest absolute Gasteiger partial charge is 0.271 e. The number of nitro benzene ring substituents is 1. The predicted octanol–water partition coefficient (Wildman–Crippen LogP) is 3.82. The fourth-order valence-corrected chi connectivity index (χ4v) is 3.88. The molecule has 1 fully saturated rings. The van der Waals surface area contributed by atoms with E-state index in [0.29, 0.717) is 5.69 Å². The van der Waals surface area contributed by atoms with Gasteiger partial charge in [-0.15, -0.1) is 0 Å². The van der Waals surface area contributed by atoms with Crippen LogP contribution in [0.25, 0.3) is 0 Å². The van der Waals surface area contributed by atoms with Crippen LogP contribution in [0, 0.1) is 10.1 Å². The molecule has 1 aliphatic heterocycles. The lowest BCUT2D eigenvalue weighted by Crippen LogP contribution is -2.41. The second-order valence-corrected chi connectivity index (χ2v) is 6.71. The molecule has 2 heterocycles. The monoisotopic (exact) mass is 345 g/mol. The lowest BCUT2D eigenvalue weighted by Gasteiger charge is -2.29. The molecule has 2 atom stereocenters. The Morgan fingerprint density at radius 2 is 2.29 bits per heavy atom. The van der Waals surface area contributed by atoms with Gasteiger partial charge in [-0.05, 0) is 54.8 Å². The zero-order valence-corrected chi connectivity index (χ0v) is 14.2. The third-order valence-corrected chi connectivity index (χ3v) is 5.13.